The molecule has 1 aliphatic heterocycles. The van der Waals surface area contributed by atoms with Gasteiger partial charge in [0.15, 0.2) is 0 Å². The molecular weight excluding hydrogens is 410 g/mol. The van der Waals surface area contributed by atoms with Crippen LogP contribution in [-0.2, 0) is 4.79 Å². The molecule has 0 N–H and O–H groups in total. The minimum Gasteiger partial charge on any atom is -0.362 e. The molecule has 2 aromatic carbocycles. The van der Waals surface area contributed by atoms with Crippen LogP contribution in [0.2, 0.25) is 0 Å². The standard InChI is InChI=1S/C20H20BrN3O3/c21-15-5-3-4-14(12-15)16-13-17(16)20(25)23-10-8-22(9-11-23)18-6-1-2-7-19(18)24(26)27/h1-7,12,16-17H,8-11,13H2. The normalized spacial score (nSPS) is 21.8. The lowest BCUT2D eigenvalue weighted by Crippen LogP contribution is -2.49. The Morgan fingerprint density at radius 1 is 1.07 bits per heavy atom. The van der Waals surface area contributed by atoms with Crippen molar-refractivity contribution in [1.82, 2.24) is 4.90 Å². The molecule has 2 unspecified atom stereocenters. The number of nitrogens with zero attached hydrogens (tertiary/aromatic N) is 3. The minimum absolute atomic E-state index is 0.0666. The van der Waals surface area contributed by atoms with E-state index in [0.717, 1.165) is 10.9 Å². The summed E-state index contributed by atoms with van der Waals surface area (Å²) in [6.45, 7) is 2.44. The predicted octanol–water partition coefficient (Wildman–Crippen LogP) is 3.81. The van der Waals surface area contributed by atoms with Crippen molar-refractivity contribution in [3.8, 4) is 0 Å². The maximum absolute atomic E-state index is 12.8. The van der Waals surface area contributed by atoms with E-state index in [1.165, 1.54) is 11.6 Å². The molecule has 2 aliphatic rings. The Hall–Kier alpha value is -2.41. The van der Waals surface area contributed by atoms with Gasteiger partial charge >= 0.3 is 0 Å². The Kier molecular flexibility index (Phi) is 4.86. The monoisotopic (exact) mass is 429 g/mol. The summed E-state index contributed by atoms with van der Waals surface area (Å²) in [4.78, 5) is 27.6. The summed E-state index contributed by atoms with van der Waals surface area (Å²) in [6.07, 6.45) is 0.902. The predicted molar refractivity (Wildman–Crippen MR) is 107 cm³/mol. The van der Waals surface area contributed by atoms with E-state index in [1.54, 1.807) is 12.1 Å². The zero-order chi connectivity index (χ0) is 19.0. The number of carbonyl (C=O) groups excluding carboxylic acids is 1. The van der Waals surface area contributed by atoms with Crippen molar-refractivity contribution in [2.45, 2.75) is 12.3 Å². The number of halogens is 1. The number of para-hydroxylation sites is 2. The van der Waals surface area contributed by atoms with Gasteiger partial charge in [0.05, 0.1) is 4.92 Å². The molecule has 2 aromatic rings. The van der Waals surface area contributed by atoms with E-state index in [4.69, 9.17) is 0 Å². The van der Waals surface area contributed by atoms with Gasteiger partial charge in [-0.1, -0.05) is 40.2 Å². The zero-order valence-corrected chi connectivity index (χ0v) is 16.3. The first-order valence-electron chi connectivity index (χ1n) is 9.07. The van der Waals surface area contributed by atoms with Crippen molar-refractivity contribution in [3.05, 3.63) is 68.7 Å². The lowest BCUT2D eigenvalue weighted by Gasteiger charge is -2.36. The Morgan fingerprint density at radius 3 is 2.52 bits per heavy atom. The molecule has 140 valence electrons. The van der Waals surface area contributed by atoms with Crippen LogP contribution in [-0.4, -0.2) is 41.9 Å². The molecule has 1 saturated heterocycles. The summed E-state index contributed by atoms with van der Waals surface area (Å²) in [5.74, 6) is 0.585. The number of piperazine rings is 1. The van der Waals surface area contributed by atoms with Crippen molar-refractivity contribution < 1.29 is 9.72 Å². The van der Waals surface area contributed by atoms with Crippen LogP contribution in [0.15, 0.2) is 53.0 Å². The Morgan fingerprint density at radius 2 is 1.81 bits per heavy atom. The molecule has 1 aliphatic carbocycles. The second-order valence-electron chi connectivity index (χ2n) is 7.06. The molecule has 0 bridgehead atoms. The van der Waals surface area contributed by atoms with E-state index >= 15 is 0 Å². The summed E-state index contributed by atoms with van der Waals surface area (Å²) in [6, 6.07) is 15.0. The van der Waals surface area contributed by atoms with Crippen molar-refractivity contribution >= 4 is 33.2 Å². The van der Waals surface area contributed by atoms with Gasteiger partial charge in [-0.2, -0.15) is 0 Å². The highest BCUT2D eigenvalue weighted by atomic mass is 79.9. The molecule has 0 spiro atoms. The number of nitro benzene ring substituents is 1. The zero-order valence-electron chi connectivity index (χ0n) is 14.8. The number of nitro groups is 1. The van der Waals surface area contributed by atoms with Gasteiger partial charge in [0.2, 0.25) is 5.91 Å². The first-order chi connectivity index (χ1) is 13.0. The van der Waals surface area contributed by atoms with Gasteiger partial charge in [-0.25, -0.2) is 0 Å². The molecule has 1 amide bonds. The van der Waals surface area contributed by atoms with Crippen molar-refractivity contribution in [2.75, 3.05) is 31.1 Å². The molecule has 1 saturated carbocycles. The highest BCUT2D eigenvalue weighted by Crippen LogP contribution is 2.49. The summed E-state index contributed by atoms with van der Waals surface area (Å²) in [5, 5.41) is 11.2. The maximum atomic E-state index is 12.8. The average molecular weight is 430 g/mol. The highest BCUT2D eigenvalue weighted by Gasteiger charge is 2.46. The number of hydrogen-bond acceptors (Lipinski definition) is 4. The van der Waals surface area contributed by atoms with Gasteiger partial charge in [-0.3, -0.25) is 14.9 Å². The second-order valence-corrected chi connectivity index (χ2v) is 7.98. The largest absolute Gasteiger partial charge is 0.362 e. The lowest BCUT2D eigenvalue weighted by molar-refractivity contribution is -0.384. The number of benzene rings is 2. The molecule has 2 fully saturated rings. The Bertz CT molecular complexity index is 880. The molecule has 0 radical (unpaired) electrons. The van der Waals surface area contributed by atoms with E-state index in [1.807, 2.05) is 28.0 Å². The number of rotatable bonds is 4. The maximum Gasteiger partial charge on any atom is 0.292 e. The number of hydrogen-bond donors (Lipinski definition) is 0. The van der Waals surface area contributed by atoms with Gasteiger partial charge in [0.25, 0.3) is 5.69 Å². The third kappa shape index (κ3) is 3.69. The first-order valence-corrected chi connectivity index (χ1v) is 9.86. The molecule has 6 nitrogen and oxygen atoms in total. The van der Waals surface area contributed by atoms with Crippen LogP contribution in [0, 0.1) is 16.0 Å². The Labute approximate surface area is 166 Å². The van der Waals surface area contributed by atoms with Crippen LogP contribution in [0.25, 0.3) is 0 Å². The van der Waals surface area contributed by atoms with Crippen LogP contribution >= 0.6 is 15.9 Å². The van der Waals surface area contributed by atoms with Crippen LogP contribution in [0.1, 0.15) is 17.9 Å². The molecule has 7 heteroatoms. The highest BCUT2D eigenvalue weighted by molar-refractivity contribution is 9.10. The van der Waals surface area contributed by atoms with Gasteiger partial charge in [0.1, 0.15) is 5.69 Å². The Balaban J connectivity index is 1.38. The summed E-state index contributed by atoms with van der Waals surface area (Å²) >= 11 is 3.49. The topological polar surface area (TPSA) is 66.7 Å². The third-order valence-corrected chi connectivity index (χ3v) is 5.89. The SMILES string of the molecule is O=C(C1CC1c1cccc(Br)c1)N1CCN(c2ccccc2[N+](=O)[O-])CC1. The average Bonchev–Trinajstić information content (AvgIpc) is 3.48. The molecule has 2 atom stereocenters. The van der Waals surface area contributed by atoms with Crippen molar-refractivity contribution in [2.24, 2.45) is 5.92 Å². The van der Waals surface area contributed by atoms with E-state index < -0.39 is 0 Å². The van der Waals surface area contributed by atoms with Crippen molar-refractivity contribution in [1.29, 1.82) is 0 Å². The fraction of sp³-hybridized carbons (Fsp3) is 0.350. The van der Waals surface area contributed by atoms with Crippen molar-refractivity contribution in [3.63, 3.8) is 0 Å². The van der Waals surface area contributed by atoms with E-state index in [2.05, 4.69) is 28.1 Å². The van der Waals surface area contributed by atoms with Crippen LogP contribution in [0.3, 0.4) is 0 Å². The molecule has 4 rings (SSSR count). The van der Waals surface area contributed by atoms with Gasteiger partial charge in [-0.05, 0) is 36.1 Å². The molecular formula is C20H20BrN3O3. The third-order valence-electron chi connectivity index (χ3n) is 5.39. The van der Waals surface area contributed by atoms with Crippen LogP contribution in [0.4, 0.5) is 11.4 Å². The fourth-order valence-electron chi connectivity index (χ4n) is 3.86. The second kappa shape index (κ2) is 7.31. The molecule has 0 aromatic heterocycles. The van der Waals surface area contributed by atoms with Crippen LogP contribution < -0.4 is 4.90 Å². The quantitative estimate of drug-likeness (QED) is 0.547. The van der Waals surface area contributed by atoms with Gasteiger partial charge in [0, 0.05) is 42.6 Å². The molecule has 27 heavy (non-hydrogen) atoms. The van der Waals surface area contributed by atoms with E-state index in [0.29, 0.717) is 37.8 Å². The fourth-order valence-corrected chi connectivity index (χ4v) is 4.28. The van der Waals surface area contributed by atoms with E-state index in [9.17, 15) is 14.9 Å². The molecule has 1 heterocycles. The summed E-state index contributed by atoms with van der Waals surface area (Å²) < 4.78 is 1.04. The number of amides is 1. The first kappa shape index (κ1) is 18.0. The summed E-state index contributed by atoms with van der Waals surface area (Å²) in [5.41, 5.74) is 1.96. The lowest BCUT2D eigenvalue weighted by atomic mass is 10.1. The van der Waals surface area contributed by atoms with E-state index in [-0.39, 0.29) is 22.4 Å². The minimum atomic E-state index is -0.348. The smallest absolute Gasteiger partial charge is 0.292 e. The van der Waals surface area contributed by atoms with Gasteiger partial charge in [-0.15, -0.1) is 0 Å². The summed E-state index contributed by atoms with van der Waals surface area (Å²) in [7, 11) is 0. The number of anilines is 1. The number of carbonyl (C=O) groups is 1. The van der Waals surface area contributed by atoms with Crippen LogP contribution in [0.5, 0.6) is 0 Å². The van der Waals surface area contributed by atoms with Gasteiger partial charge < -0.3 is 9.80 Å².